The third-order valence-corrected chi connectivity index (χ3v) is 1.05. The van der Waals surface area contributed by atoms with Gasteiger partial charge < -0.3 is 29.7 Å². The van der Waals surface area contributed by atoms with Crippen LogP contribution >= 0.6 is 0 Å². The summed E-state index contributed by atoms with van der Waals surface area (Å²) < 4.78 is 0. The predicted octanol–water partition coefficient (Wildman–Crippen LogP) is -2.44. The Bertz CT molecular complexity index is 277. The fourth-order valence-corrected chi connectivity index (χ4v) is 0. The van der Waals surface area contributed by atoms with Crippen LogP contribution in [-0.2, 0) is 14.4 Å². The number of carboxylic acid groups (broad SMARTS) is 3. The molecule has 6 nitrogen and oxygen atoms in total. The van der Waals surface area contributed by atoms with Crippen molar-refractivity contribution in [3.05, 3.63) is 36.5 Å². The van der Waals surface area contributed by atoms with Crippen LogP contribution in [0.15, 0.2) is 36.5 Å². The van der Waals surface area contributed by atoms with Crippen molar-refractivity contribution in [2.24, 2.45) is 0 Å². The van der Waals surface area contributed by atoms with Gasteiger partial charge in [0.2, 0.25) is 0 Å². The minimum absolute atomic E-state index is 0. The smallest absolute Gasteiger partial charge is 0.545 e. The van der Waals surface area contributed by atoms with E-state index in [1.807, 2.05) is 0 Å². The van der Waals surface area contributed by atoms with E-state index < -0.39 is 17.9 Å². The maximum Gasteiger partial charge on any atom is 3.00 e. The van der Waals surface area contributed by atoms with Gasteiger partial charge in [0.1, 0.15) is 0 Å². The van der Waals surface area contributed by atoms with Crippen LogP contribution in [0.5, 0.6) is 0 Å². The Balaban J connectivity index is -0.0000000865. The molecule has 19 heavy (non-hydrogen) atoms. The largest absolute Gasteiger partial charge is 3.00 e. The Morgan fingerprint density at radius 1 is 0.632 bits per heavy atom. The first-order valence-electron chi connectivity index (χ1n) is 4.54. The van der Waals surface area contributed by atoms with Crippen molar-refractivity contribution in [3.63, 3.8) is 0 Å². The van der Waals surface area contributed by atoms with E-state index in [9.17, 15) is 29.7 Å². The summed E-state index contributed by atoms with van der Waals surface area (Å²) in [7, 11) is 0. The Hall–Kier alpha value is -1.73. The predicted molar refractivity (Wildman–Crippen MR) is 65.2 cm³/mol. The zero-order chi connectivity index (χ0) is 15.5. The van der Waals surface area contributed by atoms with Crippen molar-refractivity contribution < 1.29 is 29.7 Å². The molecule has 0 bridgehead atoms. The molecule has 0 aliphatic rings. The van der Waals surface area contributed by atoms with Crippen molar-refractivity contribution in [1.82, 2.24) is 0 Å². The summed E-state index contributed by atoms with van der Waals surface area (Å²) in [4.78, 5) is 28.5. The number of rotatable bonds is 3. The second-order valence-corrected chi connectivity index (χ2v) is 3.20. The quantitative estimate of drug-likeness (QED) is 0.420. The third kappa shape index (κ3) is 31.4. The van der Waals surface area contributed by atoms with Gasteiger partial charge in [0.05, 0.1) is 17.9 Å². The van der Waals surface area contributed by atoms with Gasteiger partial charge in [-0.1, -0.05) is 19.7 Å². The van der Waals surface area contributed by atoms with E-state index in [2.05, 4.69) is 19.7 Å². The molecule has 0 unspecified atom stereocenters. The molecule has 0 fully saturated rings. The van der Waals surface area contributed by atoms with E-state index in [1.165, 1.54) is 20.8 Å². The fraction of sp³-hybridized carbons (Fsp3) is 0.250. The molecule has 0 saturated heterocycles. The normalized spacial score (nSPS) is 7.11. The zero-order valence-electron chi connectivity index (χ0n) is 11.1. The van der Waals surface area contributed by atoms with Crippen LogP contribution in [0.1, 0.15) is 20.8 Å². The van der Waals surface area contributed by atoms with Crippen molar-refractivity contribution in [2.75, 3.05) is 0 Å². The van der Waals surface area contributed by atoms with Crippen molar-refractivity contribution in [3.8, 4) is 0 Å². The van der Waals surface area contributed by atoms with Crippen molar-refractivity contribution in [2.45, 2.75) is 20.8 Å². The summed E-state index contributed by atoms with van der Waals surface area (Å²) >= 11 is 0. The van der Waals surface area contributed by atoms with E-state index in [0.717, 1.165) is 0 Å². The molecule has 0 aromatic rings. The van der Waals surface area contributed by atoms with Gasteiger partial charge in [0, 0.05) is 0 Å². The molecule has 0 aromatic heterocycles. The molecule has 0 atom stereocenters. The number of carboxylic acids is 3. The van der Waals surface area contributed by atoms with Crippen LogP contribution < -0.4 is 15.3 Å². The number of hydrogen-bond donors (Lipinski definition) is 0. The van der Waals surface area contributed by atoms with Gasteiger partial charge in [-0.05, 0) is 37.5 Å². The minimum atomic E-state index is -1.19. The van der Waals surface area contributed by atoms with Crippen LogP contribution in [0.4, 0.5) is 0 Å². The van der Waals surface area contributed by atoms with Gasteiger partial charge in [-0.3, -0.25) is 0 Å². The molecular formula is C12H15GaO6. The van der Waals surface area contributed by atoms with Gasteiger partial charge in [-0.15, -0.1) is 0 Å². The Morgan fingerprint density at radius 3 is 0.684 bits per heavy atom. The average Bonchev–Trinajstić information content (AvgIpc) is 2.18. The van der Waals surface area contributed by atoms with Crippen LogP contribution in [0.25, 0.3) is 0 Å². The summed E-state index contributed by atoms with van der Waals surface area (Å²) in [6, 6.07) is 0. The van der Waals surface area contributed by atoms with Gasteiger partial charge in [0.25, 0.3) is 0 Å². The van der Waals surface area contributed by atoms with Crippen molar-refractivity contribution >= 4 is 37.7 Å². The standard InChI is InChI=1S/3C4H6O2.Ga/c3*1-3(2)4(5)6;/h3*1H2,2H3,(H,5,6);/q;;;+3/p-3. The molecule has 0 rings (SSSR count). The second kappa shape index (κ2) is 14.3. The molecule has 0 aromatic carbocycles. The number of carbonyl (C=O) groups is 3. The molecule has 0 aliphatic carbocycles. The summed E-state index contributed by atoms with van der Waals surface area (Å²) in [6.45, 7) is 13.4. The van der Waals surface area contributed by atoms with Gasteiger partial charge >= 0.3 is 19.8 Å². The molecule has 0 saturated carbocycles. The molecule has 0 amide bonds. The van der Waals surface area contributed by atoms with Crippen LogP contribution in [0.2, 0.25) is 0 Å². The first-order chi connectivity index (χ1) is 7.93. The van der Waals surface area contributed by atoms with E-state index in [0.29, 0.717) is 0 Å². The number of hydrogen-bond acceptors (Lipinski definition) is 6. The molecule has 7 heteroatoms. The van der Waals surface area contributed by atoms with Crippen LogP contribution in [0, 0.1) is 0 Å². The van der Waals surface area contributed by atoms with Gasteiger partial charge in [-0.2, -0.15) is 0 Å². The summed E-state index contributed by atoms with van der Waals surface area (Å²) in [6.07, 6.45) is 0. The Kier molecular flexibility index (Phi) is 19.6. The topological polar surface area (TPSA) is 120 Å². The molecule has 102 valence electrons. The van der Waals surface area contributed by atoms with Gasteiger partial charge in [0.15, 0.2) is 0 Å². The summed E-state index contributed by atoms with van der Waals surface area (Å²) in [5, 5.41) is 28.5. The molecule has 0 N–H and O–H groups in total. The van der Waals surface area contributed by atoms with E-state index in [4.69, 9.17) is 0 Å². The summed E-state index contributed by atoms with van der Waals surface area (Å²) in [5.74, 6) is -3.56. The minimum Gasteiger partial charge on any atom is -0.545 e. The molecule has 0 aliphatic heterocycles. The first kappa shape index (κ1) is 26.0. The van der Waals surface area contributed by atoms with Crippen molar-refractivity contribution in [1.29, 1.82) is 0 Å². The molecule has 0 heterocycles. The van der Waals surface area contributed by atoms with Crippen LogP contribution in [-0.4, -0.2) is 37.7 Å². The number of aliphatic carboxylic acids is 3. The van der Waals surface area contributed by atoms with Crippen LogP contribution in [0.3, 0.4) is 0 Å². The Labute approximate surface area is 125 Å². The monoisotopic (exact) mass is 324 g/mol. The molecule has 0 spiro atoms. The molecular weight excluding hydrogens is 310 g/mol. The van der Waals surface area contributed by atoms with E-state index >= 15 is 0 Å². The van der Waals surface area contributed by atoms with E-state index in [-0.39, 0.29) is 36.5 Å². The average molecular weight is 325 g/mol. The second-order valence-electron chi connectivity index (χ2n) is 3.20. The fourth-order valence-electron chi connectivity index (χ4n) is 0. The zero-order valence-corrected chi connectivity index (χ0v) is 13.6. The maximum atomic E-state index is 9.49. The Morgan fingerprint density at radius 2 is 0.684 bits per heavy atom. The number of carbonyl (C=O) groups excluding carboxylic acids is 3. The maximum absolute atomic E-state index is 9.49. The molecule has 0 radical (unpaired) electrons. The van der Waals surface area contributed by atoms with Gasteiger partial charge in [-0.25, -0.2) is 0 Å². The van der Waals surface area contributed by atoms with E-state index in [1.54, 1.807) is 0 Å². The SMILES string of the molecule is C=C(C)C(=O)[O-].C=C(C)C(=O)[O-].C=C(C)C(=O)[O-].[Ga+3]. The first-order valence-corrected chi connectivity index (χ1v) is 4.54. The third-order valence-electron chi connectivity index (χ3n) is 1.05. The summed E-state index contributed by atoms with van der Waals surface area (Å²) in [5.41, 5.74) is 0.194.